The quantitative estimate of drug-likeness (QED) is 0.292. The summed E-state index contributed by atoms with van der Waals surface area (Å²) >= 11 is 0. The topological polar surface area (TPSA) is 153 Å². The zero-order valence-electron chi connectivity index (χ0n) is 26.5. The lowest BCUT2D eigenvalue weighted by Gasteiger charge is -2.27. The van der Waals surface area contributed by atoms with Gasteiger partial charge in [0.1, 0.15) is 0 Å². The van der Waals surface area contributed by atoms with Gasteiger partial charge in [-0.1, -0.05) is 38.5 Å². The molecule has 2 aliphatic carbocycles. The van der Waals surface area contributed by atoms with E-state index in [-0.39, 0.29) is 0 Å². The van der Waals surface area contributed by atoms with Gasteiger partial charge in [0.05, 0.1) is 12.1 Å². The Morgan fingerprint density at radius 3 is 1.33 bits per heavy atom. The molecule has 2 unspecified atom stereocenters. The maximum atomic E-state index is 13.4. The van der Waals surface area contributed by atoms with Crippen LogP contribution in [0, 0.1) is 0 Å². The van der Waals surface area contributed by atoms with Crippen LogP contribution in [0.5, 0.6) is 0 Å². The zero-order chi connectivity index (χ0) is 31.9. The average Bonchev–Trinajstić information content (AvgIpc) is 3.91. The molecule has 2 saturated heterocycles. The summed E-state index contributed by atoms with van der Waals surface area (Å²) in [7, 11) is 0. The van der Waals surface area contributed by atoms with E-state index in [1.54, 1.807) is 21.9 Å². The van der Waals surface area contributed by atoms with Gasteiger partial charge >= 0.3 is 11.9 Å². The lowest BCUT2D eigenvalue weighted by molar-refractivity contribution is -0.185. The molecule has 2 amide bonds. The van der Waals surface area contributed by atoms with Crippen LogP contribution < -0.4 is 10.6 Å². The molecule has 2 aromatic rings. The monoisotopic (exact) mass is 638 g/mol. The fraction of sp³-hybridized carbons (Fsp3) is 0.688. The number of hydrogen-bond acceptors (Lipinski definition) is 10. The maximum Gasteiger partial charge on any atom is 0.419 e. The molecule has 2 saturated carbocycles. The van der Waals surface area contributed by atoms with E-state index >= 15 is 0 Å². The van der Waals surface area contributed by atoms with E-state index in [4.69, 9.17) is 9.47 Å². The number of anilines is 2. The van der Waals surface area contributed by atoms with Crippen molar-refractivity contribution in [3.63, 3.8) is 0 Å². The lowest BCUT2D eigenvalue weighted by atomic mass is 9.96. The molecule has 4 aliphatic rings. The fourth-order valence-corrected chi connectivity index (χ4v) is 7.12. The molecule has 0 bridgehead atoms. The summed E-state index contributed by atoms with van der Waals surface area (Å²) in [5.74, 6) is -3.15. The van der Waals surface area contributed by atoms with Crippen molar-refractivity contribution in [2.45, 2.75) is 114 Å². The van der Waals surface area contributed by atoms with E-state index < -0.39 is 36.2 Å². The minimum Gasteiger partial charge on any atom is -0.428 e. The highest BCUT2D eigenvalue weighted by atomic mass is 16.6. The summed E-state index contributed by atoms with van der Waals surface area (Å²) in [5, 5.41) is 14.6. The van der Waals surface area contributed by atoms with E-state index in [0.29, 0.717) is 49.9 Å². The van der Waals surface area contributed by atoms with Crippen LogP contribution in [0.25, 0.3) is 0 Å². The SMILES string of the molecule is O=C(OC(C(=O)Nc1ccn(C2CCCCC2)n1)N1CCCC1)C(=O)OC(C(=O)Nc1ccn(C2CCCCC2)n1)N1CCCC1. The molecular formula is C32H46N8O6. The van der Waals surface area contributed by atoms with Gasteiger partial charge in [-0.3, -0.25) is 28.8 Å². The molecule has 14 nitrogen and oxygen atoms in total. The first-order chi connectivity index (χ1) is 22.4. The van der Waals surface area contributed by atoms with E-state index in [1.807, 2.05) is 21.8 Å². The van der Waals surface area contributed by atoms with Crippen LogP contribution in [0.4, 0.5) is 11.6 Å². The summed E-state index contributed by atoms with van der Waals surface area (Å²) in [4.78, 5) is 56.4. The van der Waals surface area contributed by atoms with Crippen molar-refractivity contribution in [3.8, 4) is 0 Å². The first-order valence-corrected chi connectivity index (χ1v) is 17.1. The van der Waals surface area contributed by atoms with E-state index in [1.165, 1.54) is 12.8 Å². The number of rotatable bonds is 10. The molecule has 0 radical (unpaired) electrons. The van der Waals surface area contributed by atoms with Crippen LogP contribution in [-0.4, -0.2) is 91.7 Å². The van der Waals surface area contributed by atoms with Crippen LogP contribution in [0.2, 0.25) is 0 Å². The molecule has 2 aliphatic heterocycles. The molecule has 0 aromatic carbocycles. The Hall–Kier alpha value is -3.78. The van der Waals surface area contributed by atoms with Crippen molar-refractivity contribution in [1.82, 2.24) is 29.4 Å². The van der Waals surface area contributed by atoms with Crippen molar-refractivity contribution >= 4 is 35.4 Å². The van der Waals surface area contributed by atoms with Gasteiger partial charge < -0.3 is 20.1 Å². The second-order valence-electron chi connectivity index (χ2n) is 12.9. The number of aromatic nitrogens is 4. The predicted octanol–water partition coefficient (Wildman–Crippen LogP) is 3.60. The average molecular weight is 639 g/mol. The Morgan fingerprint density at radius 1 is 0.587 bits per heavy atom. The largest absolute Gasteiger partial charge is 0.428 e. The van der Waals surface area contributed by atoms with E-state index in [2.05, 4.69) is 20.8 Å². The fourth-order valence-electron chi connectivity index (χ4n) is 7.12. The Bertz CT molecular complexity index is 1250. The van der Waals surface area contributed by atoms with Crippen LogP contribution in [0.1, 0.15) is 102 Å². The molecule has 2 atom stereocenters. The number of likely N-dealkylation sites (tertiary alicyclic amines) is 2. The standard InChI is InChI=1S/C32H46N8O6/c41-27(33-25-15-21-39(35-25)23-11-3-1-4-12-23)29(37-17-7-8-18-37)45-31(43)32(44)46-30(38-19-9-10-20-38)28(42)34-26-16-22-40(36-26)24-13-5-2-6-14-24/h15-16,21-24,29-30H,1-14,17-20H2,(H,33,35,41)(H,34,36,42). The van der Waals surface area contributed by atoms with Gasteiger partial charge in [-0.15, -0.1) is 0 Å². The summed E-state index contributed by atoms with van der Waals surface area (Å²) in [6.45, 7) is 2.12. The lowest BCUT2D eigenvalue weighted by Crippen LogP contribution is -2.49. The molecule has 2 N–H and O–H groups in total. The number of amides is 2. The molecule has 46 heavy (non-hydrogen) atoms. The minimum atomic E-state index is -1.34. The van der Waals surface area contributed by atoms with Crippen molar-refractivity contribution in [2.24, 2.45) is 0 Å². The van der Waals surface area contributed by atoms with Crippen molar-refractivity contribution in [3.05, 3.63) is 24.5 Å². The number of carbonyl (C=O) groups excluding carboxylic acids is 4. The molecule has 14 heteroatoms. The van der Waals surface area contributed by atoms with Gasteiger partial charge in [0.2, 0.25) is 12.5 Å². The van der Waals surface area contributed by atoms with E-state index in [9.17, 15) is 19.2 Å². The van der Waals surface area contributed by atoms with Crippen molar-refractivity contribution in [1.29, 1.82) is 0 Å². The van der Waals surface area contributed by atoms with Gasteiger partial charge in [0, 0.05) is 50.7 Å². The predicted molar refractivity (Wildman–Crippen MR) is 167 cm³/mol. The second-order valence-corrected chi connectivity index (χ2v) is 12.9. The van der Waals surface area contributed by atoms with Crippen LogP contribution >= 0.6 is 0 Å². The molecule has 0 spiro atoms. The number of ether oxygens (including phenoxy) is 2. The number of nitrogens with zero attached hydrogens (tertiary/aromatic N) is 6. The zero-order valence-corrected chi connectivity index (χ0v) is 26.5. The smallest absolute Gasteiger partial charge is 0.419 e. The number of esters is 2. The first-order valence-electron chi connectivity index (χ1n) is 17.1. The third-order valence-electron chi connectivity index (χ3n) is 9.61. The van der Waals surface area contributed by atoms with Gasteiger partial charge in [0.15, 0.2) is 11.6 Å². The molecule has 4 heterocycles. The molecular weight excluding hydrogens is 592 g/mol. The van der Waals surface area contributed by atoms with Gasteiger partial charge in [-0.05, 0) is 51.4 Å². The minimum absolute atomic E-state index is 0.301. The molecule has 250 valence electrons. The van der Waals surface area contributed by atoms with Gasteiger partial charge in [0.25, 0.3) is 11.8 Å². The second kappa shape index (κ2) is 15.2. The number of nitrogens with one attached hydrogen (secondary N) is 2. The Balaban J connectivity index is 1.08. The third kappa shape index (κ3) is 7.95. The Morgan fingerprint density at radius 2 is 0.957 bits per heavy atom. The highest BCUT2D eigenvalue weighted by molar-refractivity contribution is 6.30. The molecule has 6 rings (SSSR count). The summed E-state index contributed by atoms with van der Waals surface area (Å²) in [5.41, 5.74) is 0. The Kier molecular flexibility index (Phi) is 10.6. The summed E-state index contributed by atoms with van der Waals surface area (Å²) in [6.07, 6.45) is 15.6. The van der Waals surface area contributed by atoms with Crippen molar-refractivity contribution < 1.29 is 28.7 Å². The van der Waals surface area contributed by atoms with Gasteiger partial charge in [-0.2, -0.15) is 10.2 Å². The summed E-state index contributed by atoms with van der Waals surface area (Å²) < 4.78 is 14.7. The Labute approximate surface area is 269 Å². The number of hydrogen-bond donors (Lipinski definition) is 2. The maximum absolute atomic E-state index is 13.4. The van der Waals surface area contributed by atoms with E-state index in [0.717, 1.165) is 77.0 Å². The highest BCUT2D eigenvalue weighted by Gasteiger charge is 2.38. The van der Waals surface area contributed by atoms with Crippen molar-refractivity contribution in [2.75, 3.05) is 36.8 Å². The summed E-state index contributed by atoms with van der Waals surface area (Å²) in [6, 6.07) is 4.05. The van der Waals surface area contributed by atoms with Gasteiger partial charge in [-0.25, -0.2) is 9.59 Å². The highest BCUT2D eigenvalue weighted by Crippen LogP contribution is 2.29. The van der Waals surface area contributed by atoms with Crippen LogP contribution in [0.3, 0.4) is 0 Å². The first kappa shape index (κ1) is 32.2. The van der Waals surface area contributed by atoms with Crippen LogP contribution in [-0.2, 0) is 28.7 Å². The molecule has 4 fully saturated rings. The third-order valence-corrected chi connectivity index (χ3v) is 9.61. The number of carbonyl (C=O) groups is 4. The molecule has 2 aromatic heterocycles. The van der Waals surface area contributed by atoms with Crippen LogP contribution in [0.15, 0.2) is 24.5 Å². The normalized spacial score (nSPS) is 21.5.